The first-order valence-corrected chi connectivity index (χ1v) is 8.96. The molecule has 2 amide bonds. The Morgan fingerprint density at radius 2 is 1.64 bits per heavy atom. The number of aromatic nitrogens is 3. The number of pyridine rings is 1. The SMILES string of the molecule is Cc1cccc(NC(=O)CCC(=O)Nc2ccc3c(n2)n(C)c(=O)n3C)c1C. The summed E-state index contributed by atoms with van der Waals surface area (Å²) < 4.78 is 2.91. The number of carbonyl (C=O) groups is 2. The Bertz CT molecular complexity index is 1130. The van der Waals surface area contributed by atoms with E-state index in [4.69, 9.17) is 0 Å². The van der Waals surface area contributed by atoms with E-state index in [1.54, 1.807) is 26.2 Å². The van der Waals surface area contributed by atoms with Crippen molar-refractivity contribution in [3.05, 3.63) is 51.9 Å². The Hall–Kier alpha value is -3.42. The van der Waals surface area contributed by atoms with Crippen molar-refractivity contribution in [2.45, 2.75) is 26.7 Å². The zero-order chi connectivity index (χ0) is 20.4. The molecule has 0 saturated carbocycles. The molecule has 0 unspecified atom stereocenters. The first-order valence-electron chi connectivity index (χ1n) is 8.96. The predicted molar refractivity (Wildman–Crippen MR) is 108 cm³/mol. The van der Waals surface area contributed by atoms with Crippen molar-refractivity contribution in [2.75, 3.05) is 10.6 Å². The van der Waals surface area contributed by atoms with Crippen LogP contribution in [0.3, 0.4) is 0 Å². The number of hydrogen-bond donors (Lipinski definition) is 2. The lowest BCUT2D eigenvalue weighted by atomic mass is 10.1. The van der Waals surface area contributed by atoms with E-state index in [1.165, 1.54) is 9.13 Å². The average molecular weight is 381 g/mol. The second-order valence-electron chi connectivity index (χ2n) is 6.78. The molecule has 1 aromatic carbocycles. The Balaban J connectivity index is 1.60. The summed E-state index contributed by atoms with van der Waals surface area (Å²) >= 11 is 0. The summed E-state index contributed by atoms with van der Waals surface area (Å²) in [4.78, 5) is 40.6. The van der Waals surface area contributed by atoms with Gasteiger partial charge in [-0.2, -0.15) is 0 Å². The number of nitrogens with one attached hydrogen (secondary N) is 2. The van der Waals surface area contributed by atoms with Gasteiger partial charge in [-0.15, -0.1) is 0 Å². The summed E-state index contributed by atoms with van der Waals surface area (Å²) in [5.41, 5.74) is 3.83. The van der Waals surface area contributed by atoms with Crippen molar-refractivity contribution in [1.82, 2.24) is 14.1 Å². The standard InChI is InChI=1S/C20H23N5O3/c1-12-6-5-7-14(13(12)2)21-17(26)10-11-18(27)22-16-9-8-15-19(23-16)25(4)20(28)24(15)3/h5-9H,10-11H2,1-4H3,(H,21,26)(H,22,23,27). The van der Waals surface area contributed by atoms with Crippen LogP contribution in [0.2, 0.25) is 0 Å². The van der Waals surface area contributed by atoms with Gasteiger partial charge in [-0.25, -0.2) is 9.78 Å². The topological polar surface area (TPSA) is 98.0 Å². The molecule has 2 heterocycles. The largest absolute Gasteiger partial charge is 0.329 e. The molecule has 0 radical (unpaired) electrons. The lowest BCUT2D eigenvalue weighted by Crippen LogP contribution is -2.19. The molecule has 0 atom stereocenters. The van der Waals surface area contributed by atoms with Crippen molar-refractivity contribution in [2.24, 2.45) is 14.1 Å². The Morgan fingerprint density at radius 3 is 2.36 bits per heavy atom. The molecule has 0 aliphatic rings. The van der Waals surface area contributed by atoms with Crippen LogP contribution in [0, 0.1) is 13.8 Å². The Kier molecular flexibility index (Phi) is 5.30. The fourth-order valence-electron chi connectivity index (χ4n) is 2.97. The van der Waals surface area contributed by atoms with E-state index in [2.05, 4.69) is 15.6 Å². The van der Waals surface area contributed by atoms with Crippen LogP contribution in [0.15, 0.2) is 35.1 Å². The summed E-state index contributed by atoms with van der Waals surface area (Å²) in [7, 11) is 3.29. The summed E-state index contributed by atoms with van der Waals surface area (Å²) in [5, 5.41) is 5.51. The van der Waals surface area contributed by atoms with Crippen molar-refractivity contribution in [3.8, 4) is 0 Å². The molecule has 8 heteroatoms. The molecule has 2 N–H and O–H groups in total. The lowest BCUT2D eigenvalue weighted by Gasteiger charge is -2.10. The fourth-order valence-corrected chi connectivity index (χ4v) is 2.97. The molecular formula is C20H23N5O3. The summed E-state index contributed by atoms with van der Waals surface area (Å²) in [5.74, 6) is -0.199. The first kappa shape index (κ1) is 19.3. The van der Waals surface area contributed by atoms with Gasteiger partial charge < -0.3 is 10.6 Å². The van der Waals surface area contributed by atoms with Gasteiger partial charge in [-0.1, -0.05) is 12.1 Å². The molecule has 0 fully saturated rings. The highest BCUT2D eigenvalue weighted by Crippen LogP contribution is 2.18. The number of benzene rings is 1. The molecule has 8 nitrogen and oxygen atoms in total. The zero-order valence-electron chi connectivity index (χ0n) is 16.4. The van der Waals surface area contributed by atoms with E-state index < -0.39 is 0 Å². The van der Waals surface area contributed by atoms with Crippen molar-refractivity contribution in [1.29, 1.82) is 0 Å². The number of nitrogens with zero attached hydrogens (tertiary/aromatic N) is 3. The number of amides is 2. The quantitative estimate of drug-likeness (QED) is 0.708. The normalized spacial score (nSPS) is 10.9. The van der Waals surface area contributed by atoms with Crippen LogP contribution >= 0.6 is 0 Å². The number of anilines is 2. The minimum absolute atomic E-state index is 0.0319. The van der Waals surface area contributed by atoms with Gasteiger partial charge in [0.05, 0.1) is 5.52 Å². The molecule has 28 heavy (non-hydrogen) atoms. The van der Waals surface area contributed by atoms with Crippen LogP contribution in [0.1, 0.15) is 24.0 Å². The summed E-state index contributed by atoms with van der Waals surface area (Å²) in [6.07, 6.45) is 0.0927. The maximum absolute atomic E-state index is 12.2. The molecule has 0 aliphatic heterocycles. The van der Waals surface area contributed by atoms with Gasteiger partial charge in [-0.05, 0) is 43.2 Å². The summed E-state index contributed by atoms with van der Waals surface area (Å²) in [6, 6.07) is 9.06. The second kappa shape index (κ2) is 7.67. The second-order valence-corrected chi connectivity index (χ2v) is 6.78. The van der Waals surface area contributed by atoms with Crippen LogP contribution in [0.5, 0.6) is 0 Å². The first-order chi connectivity index (χ1) is 13.3. The van der Waals surface area contributed by atoms with Crippen molar-refractivity contribution in [3.63, 3.8) is 0 Å². The van der Waals surface area contributed by atoms with Gasteiger partial charge in [0.15, 0.2) is 5.65 Å². The fraction of sp³-hybridized carbons (Fsp3) is 0.300. The lowest BCUT2D eigenvalue weighted by molar-refractivity contribution is -0.121. The van der Waals surface area contributed by atoms with Gasteiger partial charge >= 0.3 is 5.69 Å². The van der Waals surface area contributed by atoms with E-state index in [0.29, 0.717) is 17.0 Å². The van der Waals surface area contributed by atoms with Gasteiger partial charge in [0.2, 0.25) is 11.8 Å². The molecule has 3 rings (SSSR count). The molecule has 0 aliphatic carbocycles. The molecule has 0 spiro atoms. The monoisotopic (exact) mass is 381 g/mol. The molecular weight excluding hydrogens is 358 g/mol. The maximum atomic E-state index is 12.2. The minimum Gasteiger partial charge on any atom is -0.326 e. The molecule has 2 aromatic heterocycles. The third-order valence-corrected chi connectivity index (χ3v) is 4.83. The van der Waals surface area contributed by atoms with E-state index in [1.807, 2.05) is 32.0 Å². The van der Waals surface area contributed by atoms with E-state index in [0.717, 1.165) is 16.8 Å². The van der Waals surface area contributed by atoms with Crippen LogP contribution in [0.25, 0.3) is 11.2 Å². The van der Waals surface area contributed by atoms with Crippen LogP contribution in [-0.2, 0) is 23.7 Å². The van der Waals surface area contributed by atoms with Gasteiger partial charge in [0.25, 0.3) is 0 Å². The van der Waals surface area contributed by atoms with E-state index in [-0.39, 0.29) is 30.3 Å². The third kappa shape index (κ3) is 3.80. The van der Waals surface area contributed by atoms with Crippen molar-refractivity contribution >= 4 is 34.5 Å². The average Bonchev–Trinajstić information content (AvgIpc) is 2.88. The number of imidazole rings is 1. The number of rotatable bonds is 5. The minimum atomic E-state index is -0.316. The number of hydrogen-bond acceptors (Lipinski definition) is 4. The highest BCUT2D eigenvalue weighted by atomic mass is 16.2. The number of fused-ring (bicyclic) bond motifs is 1. The van der Waals surface area contributed by atoms with Crippen molar-refractivity contribution < 1.29 is 9.59 Å². The molecule has 0 saturated heterocycles. The highest BCUT2D eigenvalue weighted by molar-refractivity contribution is 5.97. The maximum Gasteiger partial charge on any atom is 0.329 e. The van der Waals surface area contributed by atoms with Gasteiger partial charge in [0, 0.05) is 32.6 Å². The zero-order valence-corrected chi connectivity index (χ0v) is 16.4. The molecule has 146 valence electrons. The van der Waals surface area contributed by atoms with E-state index in [9.17, 15) is 14.4 Å². The smallest absolute Gasteiger partial charge is 0.326 e. The number of carbonyl (C=O) groups excluding carboxylic acids is 2. The molecule has 0 bridgehead atoms. The highest BCUT2D eigenvalue weighted by Gasteiger charge is 2.13. The summed E-state index contributed by atoms with van der Waals surface area (Å²) in [6.45, 7) is 3.92. The van der Waals surface area contributed by atoms with Crippen LogP contribution in [0.4, 0.5) is 11.5 Å². The predicted octanol–water partition coefficient (Wildman–Crippen LogP) is 2.25. The van der Waals surface area contributed by atoms with E-state index >= 15 is 0 Å². The number of aryl methyl sites for hydroxylation is 3. The van der Waals surface area contributed by atoms with Gasteiger partial charge in [0.1, 0.15) is 5.82 Å². The third-order valence-electron chi connectivity index (χ3n) is 4.83. The Morgan fingerprint density at radius 1 is 0.964 bits per heavy atom. The van der Waals surface area contributed by atoms with Crippen LogP contribution < -0.4 is 16.3 Å². The van der Waals surface area contributed by atoms with Crippen LogP contribution in [-0.4, -0.2) is 25.9 Å². The Labute approximate surface area is 162 Å². The van der Waals surface area contributed by atoms with Gasteiger partial charge in [-0.3, -0.25) is 18.7 Å². The molecule has 3 aromatic rings.